The maximum atomic E-state index is 5.28. The lowest BCUT2D eigenvalue weighted by atomic mass is 9.99. The van der Waals surface area contributed by atoms with Crippen LogP contribution in [-0.4, -0.2) is 14.4 Å². The van der Waals surface area contributed by atoms with Gasteiger partial charge in [-0.3, -0.25) is 0 Å². The Bertz CT molecular complexity index is 33.5. The molecule has 2 heteroatoms. The van der Waals surface area contributed by atoms with E-state index in [1.54, 1.807) is 0 Å². The van der Waals surface area contributed by atoms with Gasteiger partial charge in [-0.05, 0) is 13.0 Å². The molecule has 0 heterocycles. The van der Waals surface area contributed by atoms with Gasteiger partial charge in [0.1, 0.15) is 0 Å². The highest BCUT2D eigenvalue weighted by molar-refractivity contribution is 6.08. The zero-order valence-corrected chi connectivity index (χ0v) is 5.40. The molecule has 0 aliphatic heterocycles. The van der Waals surface area contributed by atoms with Crippen LogP contribution in [-0.2, 0) is 0 Å². The first-order valence-corrected chi connectivity index (χ1v) is 3.32. The highest BCUT2D eigenvalue weighted by atomic mass is 14.5. The Morgan fingerprint density at radius 3 is 2.12 bits per heavy atom. The third-order valence-corrected chi connectivity index (χ3v) is 1.16. The van der Waals surface area contributed by atoms with E-state index in [-0.39, 0.29) is 0 Å². The molecule has 2 N–H and O–H groups in total. The van der Waals surface area contributed by atoms with Crippen molar-refractivity contribution in [3.05, 3.63) is 0 Å². The fourth-order valence-electron chi connectivity index (χ4n) is 0.642. The summed E-state index contributed by atoms with van der Waals surface area (Å²) in [5.41, 5.74) is 5.28. The first-order valence-electron chi connectivity index (χ1n) is 3.32. The lowest BCUT2D eigenvalue weighted by molar-refractivity contribution is 0.674. The van der Waals surface area contributed by atoms with Crippen molar-refractivity contribution in [2.75, 3.05) is 6.54 Å². The minimum Gasteiger partial charge on any atom is -0.330 e. The summed E-state index contributed by atoms with van der Waals surface area (Å²) in [6.45, 7) is 0.824. The molecule has 0 saturated heterocycles. The van der Waals surface area contributed by atoms with Crippen LogP contribution in [0.1, 0.15) is 25.7 Å². The van der Waals surface area contributed by atoms with Crippen LogP contribution in [0.5, 0.6) is 0 Å². The van der Waals surface area contributed by atoms with E-state index in [0.29, 0.717) is 0 Å². The molecule has 0 aromatic carbocycles. The van der Waals surface area contributed by atoms with E-state index < -0.39 is 0 Å². The van der Waals surface area contributed by atoms with Crippen molar-refractivity contribution in [2.45, 2.75) is 32.0 Å². The Kier molecular flexibility index (Phi) is 7.05. The fraction of sp³-hybridized carbons (Fsp3) is 1.00. The molecule has 0 atom stereocenters. The Balaban J connectivity index is 2.53. The first-order chi connectivity index (χ1) is 3.91. The van der Waals surface area contributed by atoms with E-state index in [0.717, 1.165) is 25.7 Å². The summed E-state index contributed by atoms with van der Waals surface area (Å²) in [7, 11) is 5.28. The number of hydrogen-bond acceptors (Lipinski definition) is 1. The van der Waals surface area contributed by atoms with Gasteiger partial charge < -0.3 is 5.73 Å². The molecule has 0 spiro atoms. The van der Waals surface area contributed by atoms with Crippen molar-refractivity contribution in [3.63, 3.8) is 0 Å². The van der Waals surface area contributed by atoms with Gasteiger partial charge in [0.15, 0.2) is 0 Å². The summed E-state index contributed by atoms with van der Waals surface area (Å²) < 4.78 is 0. The van der Waals surface area contributed by atoms with Gasteiger partial charge in [-0.2, -0.15) is 0 Å². The van der Waals surface area contributed by atoms with Crippen LogP contribution in [0.3, 0.4) is 0 Å². The van der Waals surface area contributed by atoms with E-state index in [2.05, 4.69) is 0 Å². The molecule has 0 fully saturated rings. The van der Waals surface area contributed by atoms with Gasteiger partial charge in [-0.1, -0.05) is 25.6 Å². The SMILES string of the molecule is [B]CCCCCCN. The summed E-state index contributed by atoms with van der Waals surface area (Å²) >= 11 is 0. The summed E-state index contributed by atoms with van der Waals surface area (Å²) in [5, 5.41) is 0. The van der Waals surface area contributed by atoms with Crippen molar-refractivity contribution in [2.24, 2.45) is 5.73 Å². The molecule has 0 amide bonds. The average Bonchev–Trinajstić information content (AvgIpc) is 1.81. The van der Waals surface area contributed by atoms with Crippen LogP contribution in [0.4, 0.5) is 0 Å². The smallest absolute Gasteiger partial charge is 0.0653 e. The second-order valence-corrected chi connectivity index (χ2v) is 1.99. The highest BCUT2D eigenvalue weighted by Gasteiger charge is 1.83. The number of unbranched alkanes of at least 4 members (excludes halogenated alkanes) is 3. The quantitative estimate of drug-likeness (QED) is 0.417. The van der Waals surface area contributed by atoms with E-state index in [9.17, 15) is 0 Å². The molecule has 0 aromatic rings. The minimum absolute atomic E-state index is 0.824. The average molecular weight is 111 g/mol. The number of nitrogens with two attached hydrogens (primary N) is 1. The zero-order valence-electron chi connectivity index (χ0n) is 5.40. The summed E-state index contributed by atoms with van der Waals surface area (Å²) in [4.78, 5) is 0. The van der Waals surface area contributed by atoms with Gasteiger partial charge in [-0.15, -0.1) is 0 Å². The number of rotatable bonds is 5. The van der Waals surface area contributed by atoms with Crippen LogP contribution in [0.15, 0.2) is 0 Å². The van der Waals surface area contributed by atoms with Crippen LogP contribution in [0.2, 0.25) is 6.32 Å². The Morgan fingerprint density at radius 1 is 1.00 bits per heavy atom. The normalized spacial score (nSPS) is 9.62. The van der Waals surface area contributed by atoms with E-state index in [4.69, 9.17) is 13.6 Å². The topological polar surface area (TPSA) is 26.0 Å². The van der Waals surface area contributed by atoms with Gasteiger partial charge >= 0.3 is 0 Å². The molecule has 0 saturated carbocycles. The molecule has 0 aliphatic carbocycles. The van der Waals surface area contributed by atoms with Crippen molar-refractivity contribution < 1.29 is 0 Å². The molecular formula is C6H14BN. The molecule has 0 unspecified atom stereocenters. The second-order valence-electron chi connectivity index (χ2n) is 1.99. The van der Waals surface area contributed by atoms with Crippen molar-refractivity contribution in [1.29, 1.82) is 0 Å². The molecule has 0 rings (SSSR count). The van der Waals surface area contributed by atoms with E-state index >= 15 is 0 Å². The third kappa shape index (κ3) is 6.02. The van der Waals surface area contributed by atoms with Gasteiger partial charge in [-0.25, -0.2) is 0 Å². The maximum absolute atomic E-state index is 5.28. The Morgan fingerprint density at radius 2 is 1.62 bits per heavy atom. The molecule has 0 bridgehead atoms. The van der Waals surface area contributed by atoms with Gasteiger partial charge in [0.25, 0.3) is 0 Å². The molecule has 2 radical (unpaired) electrons. The minimum atomic E-state index is 0.824. The number of hydrogen-bond donors (Lipinski definition) is 1. The molecule has 0 aliphatic rings. The standard InChI is InChI=1S/C6H14BN/c7-5-3-1-2-4-6-8/h1-6,8H2. The maximum Gasteiger partial charge on any atom is 0.0653 e. The molecule has 46 valence electrons. The van der Waals surface area contributed by atoms with Crippen LogP contribution in [0, 0.1) is 0 Å². The van der Waals surface area contributed by atoms with Gasteiger partial charge in [0, 0.05) is 0 Å². The lowest BCUT2D eigenvalue weighted by Gasteiger charge is -1.94. The van der Waals surface area contributed by atoms with Crippen LogP contribution in [0.25, 0.3) is 0 Å². The lowest BCUT2D eigenvalue weighted by Crippen LogP contribution is -1.97. The second kappa shape index (κ2) is 7.02. The monoisotopic (exact) mass is 111 g/mol. The van der Waals surface area contributed by atoms with Gasteiger partial charge in [0.2, 0.25) is 0 Å². The van der Waals surface area contributed by atoms with Gasteiger partial charge in [0.05, 0.1) is 7.85 Å². The molecule has 0 aromatic heterocycles. The van der Waals surface area contributed by atoms with E-state index in [1.807, 2.05) is 0 Å². The largest absolute Gasteiger partial charge is 0.330 e. The predicted octanol–water partition coefficient (Wildman–Crippen LogP) is 1.09. The summed E-state index contributed by atoms with van der Waals surface area (Å²) in [6.07, 6.45) is 5.62. The van der Waals surface area contributed by atoms with Crippen molar-refractivity contribution in [3.8, 4) is 0 Å². The van der Waals surface area contributed by atoms with E-state index in [1.165, 1.54) is 12.8 Å². The molecule has 8 heavy (non-hydrogen) atoms. The first kappa shape index (κ1) is 8.02. The predicted molar refractivity (Wildman–Crippen MR) is 38.1 cm³/mol. The Labute approximate surface area is 53.1 Å². The Hall–Kier alpha value is 0.0249. The fourth-order valence-corrected chi connectivity index (χ4v) is 0.642. The van der Waals surface area contributed by atoms with Crippen molar-refractivity contribution in [1.82, 2.24) is 0 Å². The third-order valence-electron chi connectivity index (χ3n) is 1.16. The molecular weight excluding hydrogens is 96.9 g/mol. The summed E-state index contributed by atoms with van der Waals surface area (Å²) in [6, 6.07) is 0. The van der Waals surface area contributed by atoms with Crippen molar-refractivity contribution >= 4 is 7.85 Å². The zero-order chi connectivity index (χ0) is 6.24. The summed E-state index contributed by atoms with van der Waals surface area (Å²) in [5.74, 6) is 0. The van der Waals surface area contributed by atoms with Crippen LogP contribution < -0.4 is 5.73 Å². The highest BCUT2D eigenvalue weighted by Crippen LogP contribution is 1.99. The van der Waals surface area contributed by atoms with Crippen LogP contribution >= 0.6 is 0 Å². The molecule has 1 nitrogen and oxygen atoms in total.